The highest BCUT2D eigenvalue weighted by molar-refractivity contribution is 7.99. The predicted octanol–water partition coefficient (Wildman–Crippen LogP) is 2.76. The van der Waals surface area contributed by atoms with Crippen LogP contribution in [-0.2, 0) is 0 Å². The lowest BCUT2D eigenvalue weighted by molar-refractivity contribution is 0.199. The molecule has 1 unspecified atom stereocenters. The van der Waals surface area contributed by atoms with E-state index in [4.69, 9.17) is 0 Å². The average molecular weight is 280 g/mol. The molecule has 0 radical (unpaired) electrons. The molecular formula is C14H20N2O2S. The number of thioether (sulfide) groups is 1. The zero-order chi connectivity index (χ0) is 13.7. The van der Waals surface area contributed by atoms with Gasteiger partial charge in [0.2, 0.25) is 0 Å². The van der Waals surface area contributed by atoms with Crippen molar-refractivity contribution in [2.45, 2.75) is 31.9 Å². The van der Waals surface area contributed by atoms with Crippen molar-refractivity contribution in [3.05, 3.63) is 29.8 Å². The predicted molar refractivity (Wildman–Crippen MR) is 79.6 cm³/mol. The molecule has 1 aliphatic heterocycles. The molecule has 0 aromatic heterocycles. The van der Waals surface area contributed by atoms with Gasteiger partial charge < -0.3 is 15.7 Å². The van der Waals surface area contributed by atoms with E-state index >= 15 is 0 Å². The van der Waals surface area contributed by atoms with Crippen molar-refractivity contribution < 1.29 is 9.90 Å². The van der Waals surface area contributed by atoms with Crippen LogP contribution in [-0.4, -0.2) is 28.7 Å². The monoisotopic (exact) mass is 280 g/mol. The largest absolute Gasteiger partial charge is 0.389 e. The minimum Gasteiger partial charge on any atom is -0.389 e. The van der Waals surface area contributed by atoms with Crippen LogP contribution in [0.2, 0.25) is 0 Å². The van der Waals surface area contributed by atoms with E-state index in [1.54, 1.807) is 13.0 Å². The number of carbonyl (C=O) groups excluding carboxylic acids is 1. The van der Waals surface area contributed by atoms with Crippen molar-refractivity contribution in [1.82, 2.24) is 5.32 Å². The molecule has 1 saturated heterocycles. The van der Waals surface area contributed by atoms with Gasteiger partial charge in [0.1, 0.15) is 0 Å². The summed E-state index contributed by atoms with van der Waals surface area (Å²) in [5.41, 5.74) is 1.51. The fraction of sp³-hybridized carbons (Fsp3) is 0.500. The molecule has 1 fully saturated rings. The number of aliphatic hydroxyl groups is 1. The highest BCUT2D eigenvalue weighted by Gasteiger charge is 2.15. The van der Waals surface area contributed by atoms with E-state index in [-0.39, 0.29) is 12.1 Å². The summed E-state index contributed by atoms with van der Waals surface area (Å²) in [5, 5.41) is 15.3. The average Bonchev–Trinajstić information content (AvgIpc) is 2.40. The maximum atomic E-state index is 11.9. The Balaban J connectivity index is 1.89. The van der Waals surface area contributed by atoms with Crippen LogP contribution < -0.4 is 10.6 Å². The normalized spacial score (nSPS) is 17.8. The number of anilines is 1. The number of hydrogen-bond donors (Lipinski definition) is 3. The Morgan fingerprint density at radius 3 is 2.84 bits per heavy atom. The highest BCUT2D eigenvalue weighted by Crippen LogP contribution is 2.18. The minimum absolute atomic E-state index is 0.167. The fourth-order valence-electron chi connectivity index (χ4n) is 2.07. The smallest absolute Gasteiger partial charge is 0.319 e. The van der Waals surface area contributed by atoms with Crippen molar-refractivity contribution in [1.29, 1.82) is 0 Å². The number of rotatable bonds is 3. The zero-order valence-electron chi connectivity index (χ0n) is 11.1. The Labute approximate surface area is 118 Å². The quantitative estimate of drug-likeness (QED) is 0.798. The Morgan fingerprint density at radius 1 is 1.42 bits per heavy atom. The SMILES string of the molecule is CC(O)c1cccc(NC(=O)NC2CCSCC2)c1. The molecule has 1 aromatic carbocycles. The van der Waals surface area contributed by atoms with Crippen LogP contribution >= 0.6 is 11.8 Å². The lowest BCUT2D eigenvalue weighted by atomic mass is 10.1. The molecule has 0 spiro atoms. The second kappa shape index (κ2) is 6.82. The molecule has 104 valence electrons. The van der Waals surface area contributed by atoms with Crippen LogP contribution in [0.1, 0.15) is 31.4 Å². The van der Waals surface area contributed by atoms with E-state index in [1.807, 2.05) is 30.0 Å². The molecule has 0 aliphatic carbocycles. The van der Waals surface area contributed by atoms with Crippen molar-refractivity contribution in [3.8, 4) is 0 Å². The van der Waals surface area contributed by atoms with Gasteiger partial charge in [0.15, 0.2) is 0 Å². The second-order valence-electron chi connectivity index (χ2n) is 4.79. The van der Waals surface area contributed by atoms with Gasteiger partial charge in [-0.25, -0.2) is 4.79 Å². The third-order valence-electron chi connectivity index (χ3n) is 3.18. The third kappa shape index (κ3) is 4.44. The van der Waals surface area contributed by atoms with Gasteiger partial charge in [0.05, 0.1) is 6.10 Å². The van der Waals surface area contributed by atoms with Crippen LogP contribution in [0.3, 0.4) is 0 Å². The van der Waals surface area contributed by atoms with E-state index in [1.165, 1.54) is 0 Å². The van der Waals surface area contributed by atoms with E-state index in [0.29, 0.717) is 5.69 Å². The molecule has 1 aliphatic rings. The van der Waals surface area contributed by atoms with E-state index < -0.39 is 6.10 Å². The molecule has 3 N–H and O–H groups in total. The summed E-state index contributed by atoms with van der Waals surface area (Å²) in [7, 11) is 0. The van der Waals surface area contributed by atoms with Crippen LogP contribution in [0.5, 0.6) is 0 Å². The van der Waals surface area contributed by atoms with Gasteiger partial charge in [-0.3, -0.25) is 0 Å². The highest BCUT2D eigenvalue weighted by atomic mass is 32.2. The Kier molecular flexibility index (Phi) is 5.10. The standard InChI is InChI=1S/C14H20N2O2S/c1-10(17)11-3-2-4-13(9-11)16-14(18)15-12-5-7-19-8-6-12/h2-4,9-10,12,17H,5-8H2,1H3,(H2,15,16,18). The topological polar surface area (TPSA) is 61.4 Å². The number of benzene rings is 1. The number of urea groups is 1. The third-order valence-corrected chi connectivity index (χ3v) is 4.23. The summed E-state index contributed by atoms with van der Waals surface area (Å²) in [6.45, 7) is 1.71. The summed E-state index contributed by atoms with van der Waals surface area (Å²) in [6, 6.07) is 7.39. The zero-order valence-corrected chi connectivity index (χ0v) is 11.9. The number of hydrogen-bond acceptors (Lipinski definition) is 3. The molecule has 0 bridgehead atoms. The lowest BCUT2D eigenvalue weighted by Crippen LogP contribution is -2.39. The fourth-order valence-corrected chi connectivity index (χ4v) is 3.18. The molecule has 1 aromatic rings. The van der Waals surface area contributed by atoms with Crippen LogP contribution in [0, 0.1) is 0 Å². The molecule has 2 rings (SSSR count). The summed E-state index contributed by atoms with van der Waals surface area (Å²) in [6.07, 6.45) is 1.54. The number of aliphatic hydroxyl groups excluding tert-OH is 1. The Morgan fingerprint density at radius 2 is 2.16 bits per heavy atom. The molecule has 19 heavy (non-hydrogen) atoms. The van der Waals surface area contributed by atoms with Gasteiger partial charge in [-0.05, 0) is 49.0 Å². The second-order valence-corrected chi connectivity index (χ2v) is 6.01. The van der Waals surface area contributed by atoms with Crippen molar-refractivity contribution in [3.63, 3.8) is 0 Å². The lowest BCUT2D eigenvalue weighted by Gasteiger charge is -2.22. The van der Waals surface area contributed by atoms with Gasteiger partial charge in [0, 0.05) is 11.7 Å². The van der Waals surface area contributed by atoms with Gasteiger partial charge in [-0.1, -0.05) is 12.1 Å². The van der Waals surface area contributed by atoms with E-state index in [2.05, 4.69) is 10.6 Å². The Bertz CT molecular complexity index is 431. The maximum Gasteiger partial charge on any atom is 0.319 e. The first kappa shape index (κ1) is 14.2. The molecule has 1 atom stereocenters. The first-order valence-corrected chi connectivity index (χ1v) is 7.74. The number of amides is 2. The maximum absolute atomic E-state index is 11.9. The molecule has 4 nitrogen and oxygen atoms in total. The summed E-state index contributed by atoms with van der Waals surface area (Å²) in [5.74, 6) is 2.23. The van der Waals surface area contributed by atoms with Crippen molar-refractivity contribution in [2.75, 3.05) is 16.8 Å². The molecule has 1 heterocycles. The van der Waals surface area contributed by atoms with Crippen LogP contribution in [0.25, 0.3) is 0 Å². The van der Waals surface area contributed by atoms with Gasteiger partial charge in [-0.2, -0.15) is 11.8 Å². The molecule has 0 saturated carbocycles. The first-order valence-electron chi connectivity index (χ1n) is 6.58. The van der Waals surface area contributed by atoms with Crippen molar-refractivity contribution in [2.24, 2.45) is 0 Å². The number of carbonyl (C=O) groups is 1. The molecule has 2 amide bonds. The van der Waals surface area contributed by atoms with Gasteiger partial charge in [-0.15, -0.1) is 0 Å². The van der Waals surface area contributed by atoms with E-state index in [0.717, 1.165) is 29.9 Å². The summed E-state index contributed by atoms with van der Waals surface area (Å²) < 4.78 is 0. The van der Waals surface area contributed by atoms with E-state index in [9.17, 15) is 9.90 Å². The Hall–Kier alpha value is -1.20. The minimum atomic E-state index is -0.528. The summed E-state index contributed by atoms with van der Waals surface area (Å²) >= 11 is 1.94. The molecular weight excluding hydrogens is 260 g/mol. The molecule has 5 heteroatoms. The van der Waals surface area contributed by atoms with Gasteiger partial charge in [0.25, 0.3) is 0 Å². The number of nitrogens with one attached hydrogen (secondary N) is 2. The van der Waals surface area contributed by atoms with Crippen molar-refractivity contribution >= 4 is 23.5 Å². The first-order chi connectivity index (χ1) is 9.15. The summed E-state index contributed by atoms with van der Waals surface area (Å²) in [4.78, 5) is 11.9. The van der Waals surface area contributed by atoms with Gasteiger partial charge >= 0.3 is 6.03 Å². The van der Waals surface area contributed by atoms with Crippen LogP contribution in [0.15, 0.2) is 24.3 Å². The van der Waals surface area contributed by atoms with Crippen LogP contribution in [0.4, 0.5) is 10.5 Å².